The largest absolute Gasteiger partial charge is 0.452 e. The van der Waals surface area contributed by atoms with E-state index in [0.29, 0.717) is 11.3 Å². The highest BCUT2D eigenvalue weighted by Gasteiger charge is 2.14. The fourth-order valence-corrected chi connectivity index (χ4v) is 2.15. The Hall–Kier alpha value is -3.22. The van der Waals surface area contributed by atoms with Crippen molar-refractivity contribution >= 4 is 23.5 Å². The Morgan fingerprint density at radius 2 is 1.69 bits per heavy atom. The van der Waals surface area contributed by atoms with E-state index in [-0.39, 0.29) is 6.54 Å². The highest BCUT2D eigenvalue weighted by atomic mass is 19.1. The van der Waals surface area contributed by atoms with Crippen LogP contribution in [0.25, 0.3) is 0 Å². The minimum absolute atomic E-state index is 0.294. The smallest absolute Gasteiger partial charge is 0.338 e. The minimum Gasteiger partial charge on any atom is -0.452 e. The number of anilines is 1. The van der Waals surface area contributed by atoms with Crippen molar-refractivity contribution < 1.29 is 23.5 Å². The van der Waals surface area contributed by atoms with Crippen LogP contribution in [0.15, 0.2) is 42.5 Å². The number of nitrogens with one attached hydrogen (secondary N) is 2. The summed E-state index contributed by atoms with van der Waals surface area (Å²) in [6.45, 7) is 2.89. The van der Waals surface area contributed by atoms with E-state index in [2.05, 4.69) is 10.6 Å². The Labute approximate surface area is 150 Å². The molecule has 0 aliphatic rings. The molecule has 2 aromatic rings. The van der Waals surface area contributed by atoms with Gasteiger partial charge in [-0.3, -0.25) is 9.59 Å². The third-order valence-corrected chi connectivity index (χ3v) is 3.73. The van der Waals surface area contributed by atoms with E-state index < -0.39 is 30.2 Å². The molecule has 0 atom stereocenters. The SMILES string of the molecule is Cc1cccc(C(=O)OCC(=O)NCC(=O)Nc2ccc(F)cc2)c1C. The Bertz CT molecular complexity index is 819. The van der Waals surface area contributed by atoms with Gasteiger partial charge in [0.25, 0.3) is 5.91 Å². The summed E-state index contributed by atoms with van der Waals surface area (Å²) in [5.74, 6) is -2.09. The Balaban J connectivity index is 1.76. The summed E-state index contributed by atoms with van der Waals surface area (Å²) < 4.78 is 17.8. The molecule has 2 amide bonds. The molecule has 0 aliphatic heterocycles. The predicted molar refractivity (Wildman–Crippen MR) is 94.2 cm³/mol. The maximum atomic E-state index is 12.8. The van der Waals surface area contributed by atoms with Crippen LogP contribution in [0.4, 0.5) is 10.1 Å². The molecule has 0 spiro atoms. The summed E-state index contributed by atoms with van der Waals surface area (Å²) in [4.78, 5) is 35.4. The molecule has 0 saturated carbocycles. The maximum absolute atomic E-state index is 12.8. The molecule has 2 N–H and O–H groups in total. The quantitative estimate of drug-likeness (QED) is 0.777. The van der Waals surface area contributed by atoms with E-state index in [0.717, 1.165) is 11.1 Å². The number of hydrogen-bond donors (Lipinski definition) is 2. The molecule has 6 nitrogen and oxygen atoms in total. The zero-order valence-corrected chi connectivity index (χ0v) is 14.5. The summed E-state index contributed by atoms with van der Waals surface area (Å²) in [6, 6.07) is 10.5. The predicted octanol–water partition coefficient (Wildman–Crippen LogP) is 2.35. The molecule has 7 heteroatoms. The van der Waals surface area contributed by atoms with Gasteiger partial charge in [-0.1, -0.05) is 12.1 Å². The molecule has 0 saturated heterocycles. The van der Waals surface area contributed by atoms with Gasteiger partial charge in [0.2, 0.25) is 5.91 Å². The number of amides is 2. The van der Waals surface area contributed by atoms with Crippen LogP contribution in [0.3, 0.4) is 0 Å². The van der Waals surface area contributed by atoms with Crippen LogP contribution in [-0.4, -0.2) is 30.9 Å². The van der Waals surface area contributed by atoms with Crippen LogP contribution in [-0.2, 0) is 14.3 Å². The van der Waals surface area contributed by atoms with Crippen molar-refractivity contribution in [2.24, 2.45) is 0 Å². The first-order valence-corrected chi connectivity index (χ1v) is 7.92. The third kappa shape index (κ3) is 5.41. The second kappa shape index (κ2) is 8.75. The van der Waals surface area contributed by atoms with E-state index in [1.54, 1.807) is 19.1 Å². The molecule has 0 unspecified atom stereocenters. The first-order valence-electron chi connectivity index (χ1n) is 7.92. The highest BCUT2D eigenvalue weighted by molar-refractivity contribution is 5.96. The van der Waals surface area contributed by atoms with Crippen molar-refractivity contribution in [1.29, 1.82) is 0 Å². The number of esters is 1. The summed E-state index contributed by atoms with van der Waals surface area (Å²) in [6.07, 6.45) is 0. The van der Waals surface area contributed by atoms with E-state index in [1.165, 1.54) is 24.3 Å². The lowest BCUT2D eigenvalue weighted by Gasteiger charge is -2.09. The average molecular weight is 358 g/mol. The molecule has 0 radical (unpaired) electrons. The van der Waals surface area contributed by atoms with Gasteiger partial charge >= 0.3 is 5.97 Å². The van der Waals surface area contributed by atoms with Gasteiger partial charge in [0.05, 0.1) is 12.1 Å². The Morgan fingerprint density at radius 1 is 1.00 bits per heavy atom. The topological polar surface area (TPSA) is 84.5 Å². The Morgan fingerprint density at radius 3 is 2.38 bits per heavy atom. The summed E-state index contributed by atoms with van der Waals surface area (Å²) in [7, 11) is 0. The number of hydrogen-bond acceptors (Lipinski definition) is 4. The lowest BCUT2D eigenvalue weighted by molar-refractivity contribution is -0.126. The third-order valence-electron chi connectivity index (χ3n) is 3.73. The first-order chi connectivity index (χ1) is 12.4. The van der Waals surface area contributed by atoms with Crippen molar-refractivity contribution in [2.45, 2.75) is 13.8 Å². The first kappa shape index (κ1) is 19.1. The molecule has 0 fully saturated rings. The summed E-state index contributed by atoms with van der Waals surface area (Å²) in [5, 5.41) is 4.85. The number of ether oxygens (including phenoxy) is 1. The molecule has 0 aromatic heterocycles. The number of benzene rings is 2. The van der Waals surface area contributed by atoms with Gasteiger partial charge in [0.1, 0.15) is 5.82 Å². The number of rotatable bonds is 6. The van der Waals surface area contributed by atoms with Gasteiger partial charge in [0, 0.05) is 5.69 Å². The lowest BCUT2D eigenvalue weighted by atomic mass is 10.0. The maximum Gasteiger partial charge on any atom is 0.338 e. The molecular formula is C19H19FN2O4. The van der Waals surface area contributed by atoms with E-state index in [9.17, 15) is 18.8 Å². The normalized spacial score (nSPS) is 10.1. The Kier molecular flexibility index (Phi) is 6.43. The van der Waals surface area contributed by atoms with Gasteiger partial charge in [0.15, 0.2) is 6.61 Å². The second-order valence-corrected chi connectivity index (χ2v) is 5.66. The second-order valence-electron chi connectivity index (χ2n) is 5.66. The van der Waals surface area contributed by atoms with Crippen LogP contribution in [0.5, 0.6) is 0 Å². The van der Waals surface area contributed by atoms with Crippen molar-refractivity contribution in [1.82, 2.24) is 5.32 Å². The average Bonchev–Trinajstić information content (AvgIpc) is 2.62. The molecule has 0 bridgehead atoms. The molecule has 2 rings (SSSR count). The molecule has 0 aliphatic carbocycles. The van der Waals surface area contributed by atoms with E-state index >= 15 is 0 Å². The van der Waals surface area contributed by atoms with Gasteiger partial charge < -0.3 is 15.4 Å². The van der Waals surface area contributed by atoms with Crippen LogP contribution in [0, 0.1) is 19.7 Å². The number of carbonyl (C=O) groups is 3. The summed E-state index contributed by atoms with van der Waals surface area (Å²) >= 11 is 0. The van der Waals surface area contributed by atoms with Crippen LogP contribution in [0.2, 0.25) is 0 Å². The molecule has 2 aromatic carbocycles. The van der Waals surface area contributed by atoms with Crippen molar-refractivity contribution in [3.8, 4) is 0 Å². The monoisotopic (exact) mass is 358 g/mol. The number of halogens is 1. The minimum atomic E-state index is -0.600. The van der Waals surface area contributed by atoms with E-state index in [1.807, 2.05) is 13.0 Å². The van der Waals surface area contributed by atoms with E-state index in [4.69, 9.17) is 4.74 Å². The number of aryl methyl sites for hydroxylation is 1. The zero-order valence-electron chi connectivity index (χ0n) is 14.5. The molecule has 136 valence electrons. The zero-order chi connectivity index (χ0) is 19.1. The standard InChI is InChI=1S/C19H19FN2O4/c1-12-4-3-5-16(13(12)2)19(25)26-11-18(24)21-10-17(23)22-15-8-6-14(20)7-9-15/h3-9H,10-11H2,1-2H3,(H,21,24)(H,22,23). The van der Waals surface area contributed by atoms with Crippen molar-refractivity contribution in [2.75, 3.05) is 18.5 Å². The molecular weight excluding hydrogens is 339 g/mol. The van der Waals surface area contributed by atoms with Crippen LogP contribution in [0.1, 0.15) is 21.5 Å². The highest BCUT2D eigenvalue weighted by Crippen LogP contribution is 2.13. The van der Waals surface area contributed by atoms with Gasteiger partial charge in [-0.05, 0) is 55.3 Å². The van der Waals surface area contributed by atoms with Gasteiger partial charge in [-0.25, -0.2) is 9.18 Å². The van der Waals surface area contributed by atoms with Crippen molar-refractivity contribution in [3.63, 3.8) is 0 Å². The van der Waals surface area contributed by atoms with Gasteiger partial charge in [-0.15, -0.1) is 0 Å². The van der Waals surface area contributed by atoms with Crippen LogP contribution >= 0.6 is 0 Å². The van der Waals surface area contributed by atoms with Crippen LogP contribution < -0.4 is 10.6 Å². The summed E-state index contributed by atoms with van der Waals surface area (Å²) in [5.41, 5.74) is 2.54. The fraction of sp³-hybridized carbons (Fsp3) is 0.211. The van der Waals surface area contributed by atoms with Crippen molar-refractivity contribution in [3.05, 3.63) is 65.0 Å². The number of carbonyl (C=O) groups excluding carboxylic acids is 3. The van der Waals surface area contributed by atoms with Gasteiger partial charge in [-0.2, -0.15) is 0 Å². The molecule has 0 heterocycles. The molecule has 26 heavy (non-hydrogen) atoms. The lowest BCUT2D eigenvalue weighted by Crippen LogP contribution is -2.35. The fourth-order valence-electron chi connectivity index (χ4n) is 2.15.